The monoisotopic (exact) mass is 338 g/mol. The lowest BCUT2D eigenvalue weighted by Crippen LogP contribution is -2.15. The second kappa shape index (κ2) is 5.92. The van der Waals surface area contributed by atoms with E-state index in [9.17, 15) is 9.18 Å². The number of hydrogen-bond donors (Lipinski definition) is 2. The van der Waals surface area contributed by atoms with E-state index in [0.717, 1.165) is 0 Å². The highest BCUT2D eigenvalue weighted by atomic mass is 79.9. The Balaban J connectivity index is 2.30. The van der Waals surface area contributed by atoms with Crippen molar-refractivity contribution in [1.29, 1.82) is 0 Å². The molecule has 1 amide bonds. The van der Waals surface area contributed by atoms with Crippen LogP contribution in [0.15, 0.2) is 40.9 Å². The summed E-state index contributed by atoms with van der Waals surface area (Å²) in [6, 6.07) is 9.11. The molecule has 0 aliphatic rings. The molecule has 104 valence electrons. The van der Waals surface area contributed by atoms with Crippen LogP contribution in [0.25, 0.3) is 0 Å². The van der Waals surface area contributed by atoms with E-state index in [4.69, 9.17) is 10.5 Å². The zero-order valence-electron chi connectivity index (χ0n) is 10.6. The van der Waals surface area contributed by atoms with Crippen molar-refractivity contribution in [2.24, 2.45) is 0 Å². The Kier molecular flexibility index (Phi) is 4.24. The molecule has 3 N–H and O–H groups in total. The average molecular weight is 339 g/mol. The Labute approximate surface area is 123 Å². The zero-order valence-corrected chi connectivity index (χ0v) is 12.2. The van der Waals surface area contributed by atoms with E-state index in [1.807, 2.05) is 0 Å². The van der Waals surface area contributed by atoms with E-state index in [2.05, 4.69) is 21.2 Å². The fourth-order valence-electron chi connectivity index (χ4n) is 1.69. The smallest absolute Gasteiger partial charge is 0.262 e. The first-order valence-corrected chi connectivity index (χ1v) is 6.51. The molecule has 0 fully saturated rings. The van der Waals surface area contributed by atoms with Crippen LogP contribution in [-0.2, 0) is 0 Å². The summed E-state index contributed by atoms with van der Waals surface area (Å²) >= 11 is 3.26. The maximum absolute atomic E-state index is 13.8. The first-order valence-electron chi connectivity index (χ1n) is 5.72. The molecule has 0 saturated carbocycles. The molecule has 0 spiro atoms. The van der Waals surface area contributed by atoms with Gasteiger partial charge in [0.2, 0.25) is 0 Å². The molecule has 20 heavy (non-hydrogen) atoms. The predicted molar refractivity (Wildman–Crippen MR) is 79.5 cm³/mol. The molecule has 2 rings (SSSR count). The molecule has 0 atom stereocenters. The Bertz CT molecular complexity index is 662. The van der Waals surface area contributed by atoms with Crippen LogP contribution < -0.4 is 15.8 Å². The normalized spacial score (nSPS) is 10.2. The standard InChI is InChI=1S/C14H12BrFN2O2/c1-20-12-4-2-3-10(16)13(12)14(19)18-8-5-6-11(17)9(15)7-8/h2-7H,17H2,1H3,(H,18,19). The maximum Gasteiger partial charge on any atom is 0.262 e. The van der Waals surface area contributed by atoms with Crippen molar-refractivity contribution in [3.05, 3.63) is 52.3 Å². The van der Waals surface area contributed by atoms with Crippen molar-refractivity contribution in [1.82, 2.24) is 0 Å². The van der Waals surface area contributed by atoms with Crippen LogP contribution in [0, 0.1) is 5.82 Å². The highest BCUT2D eigenvalue weighted by molar-refractivity contribution is 9.10. The summed E-state index contributed by atoms with van der Waals surface area (Å²) in [5, 5.41) is 2.60. The third-order valence-corrected chi connectivity index (χ3v) is 3.37. The fourth-order valence-corrected chi connectivity index (χ4v) is 2.07. The number of amides is 1. The summed E-state index contributed by atoms with van der Waals surface area (Å²) in [4.78, 5) is 12.1. The minimum Gasteiger partial charge on any atom is -0.496 e. The van der Waals surface area contributed by atoms with Gasteiger partial charge in [-0.3, -0.25) is 4.79 Å². The van der Waals surface area contributed by atoms with E-state index >= 15 is 0 Å². The van der Waals surface area contributed by atoms with E-state index in [0.29, 0.717) is 15.8 Å². The molecule has 0 radical (unpaired) electrons. The SMILES string of the molecule is COc1cccc(F)c1C(=O)Nc1ccc(N)c(Br)c1. The minimum atomic E-state index is -0.642. The molecule has 0 saturated heterocycles. The molecule has 0 bridgehead atoms. The number of benzene rings is 2. The van der Waals surface area contributed by atoms with Crippen molar-refractivity contribution in [3.63, 3.8) is 0 Å². The van der Waals surface area contributed by atoms with E-state index in [1.165, 1.54) is 25.3 Å². The van der Waals surface area contributed by atoms with Crippen LogP contribution in [-0.4, -0.2) is 13.0 Å². The molecule has 0 aromatic heterocycles. The number of methoxy groups -OCH3 is 1. The molecule has 0 unspecified atom stereocenters. The predicted octanol–water partition coefficient (Wildman–Crippen LogP) is 3.43. The average Bonchev–Trinajstić information content (AvgIpc) is 2.42. The van der Waals surface area contributed by atoms with Crippen LogP contribution in [0.2, 0.25) is 0 Å². The lowest BCUT2D eigenvalue weighted by atomic mass is 10.1. The summed E-state index contributed by atoms with van der Waals surface area (Å²) in [6.45, 7) is 0. The van der Waals surface area contributed by atoms with E-state index < -0.39 is 11.7 Å². The highest BCUT2D eigenvalue weighted by Crippen LogP contribution is 2.26. The van der Waals surface area contributed by atoms with Crippen molar-refractivity contribution in [2.45, 2.75) is 0 Å². The number of halogens is 2. The van der Waals surface area contributed by atoms with Crippen LogP contribution >= 0.6 is 15.9 Å². The minimum absolute atomic E-state index is 0.136. The topological polar surface area (TPSA) is 64.3 Å². The van der Waals surface area contributed by atoms with Gasteiger partial charge in [-0.25, -0.2) is 4.39 Å². The Morgan fingerprint density at radius 2 is 2.10 bits per heavy atom. The molecule has 2 aromatic carbocycles. The third kappa shape index (κ3) is 2.91. The van der Waals surface area contributed by atoms with E-state index in [-0.39, 0.29) is 11.3 Å². The van der Waals surface area contributed by atoms with Crippen molar-refractivity contribution >= 4 is 33.2 Å². The Morgan fingerprint density at radius 3 is 2.75 bits per heavy atom. The summed E-state index contributed by atoms with van der Waals surface area (Å²) in [7, 11) is 1.38. The van der Waals surface area contributed by atoms with Gasteiger partial charge < -0.3 is 15.8 Å². The number of ether oxygens (including phenoxy) is 1. The Hall–Kier alpha value is -2.08. The Morgan fingerprint density at radius 1 is 1.35 bits per heavy atom. The maximum atomic E-state index is 13.8. The van der Waals surface area contributed by atoms with Gasteiger partial charge in [-0.2, -0.15) is 0 Å². The van der Waals surface area contributed by atoms with E-state index in [1.54, 1.807) is 18.2 Å². The molecule has 2 aromatic rings. The highest BCUT2D eigenvalue weighted by Gasteiger charge is 2.17. The third-order valence-electron chi connectivity index (χ3n) is 2.68. The second-order valence-electron chi connectivity index (χ2n) is 4.01. The molecule has 0 aliphatic carbocycles. The summed E-state index contributed by atoms with van der Waals surface area (Å²) in [6.07, 6.45) is 0. The number of rotatable bonds is 3. The lowest BCUT2D eigenvalue weighted by molar-refractivity contribution is 0.102. The molecular weight excluding hydrogens is 327 g/mol. The zero-order chi connectivity index (χ0) is 14.7. The first-order chi connectivity index (χ1) is 9.52. The van der Waals surface area contributed by atoms with Gasteiger partial charge in [-0.15, -0.1) is 0 Å². The van der Waals surface area contributed by atoms with Gasteiger partial charge in [-0.1, -0.05) is 6.07 Å². The number of carbonyl (C=O) groups is 1. The molecule has 4 nitrogen and oxygen atoms in total. The number of hydrogen-bond acceptors (Lipinski definition) is 3. The number of carbonyl (C=O) groups excluding carboxylic acids is 1. The quantitative estimate of drug-likeness (QED) is 0.842. The largest absolute Gasteiger partial charge is 0.496 e. The molecule has 6 heteroatoms. The van der Waals surface area contributed by atoms with Gasteiger partial charge in [-0.05, 0) is 46.3 Å². The molecule has 0 heterocycles. The molecular formula is C14H12BrFN2O2. The fraction of sp³-hybridized carbons (Fsp3) is 0.0714. The van der Waals surface area contributed by atoms with Gasteiger partial charge in [0.1, 0.15) is 17.1 Å². The van der Waals surface area contributed by atoms with Crippen molar-refractivity contribution in [2.75, 3.05) is 18.2 Å². The van der Waals surface area contributed by atoms with Crippen LogP contribution in [0.4, 0.5) is 15.8 Å². The van der Waals surface area contributed by atoms with Gasteiger partial charge in [0, 0.05) is 15.8 Å². The number of nitrogens with one attached hydrogen (secondary N) is 1. The second-order valence-corrected chi connectivity index (χ2v) is 4.86. The van der Waals surface area contributed by atoms with Gasteiger partial charge in [0.05, 0.1) is 7.11 Å². The number of anilines is 2. The van der Waals surface area contributed by atoms with Crippen molar-refractivity contribution in [3.8, 4) is 5.75 Å². The number of nitrogens with two attached hydrogens (primary N) is 1. The summed E-state index contributed by atoms with van der Waals surface area (Å²) in [5.74, 6) is -1.05. The number of nitrogen functional groups attached to an aromatic ring is 1. The lowest BCUT2D eigenvalue weighted by Gasteiger charge is -2.10. The molecule has 0 aliphatic heterocycles. The summed E-state index contributed by atoms with van der Waals surface area (Å²) < 4.78 is 19.4. The van der Waals surface area contributed by atoms with Gasteiger partial charge in [0.15, 0.2) is 0 Å². The van der Waals surface area contributed by atoms with Gasteiger partial charge >= 0.3 is 0 Å². The summed E-state index contributed by atoms with van der Waals surface area (Å²) in [5.41, 5.74) is 6.57. The van der Waals surface area contributed by atoms with Crippen LogP contribution in [0.1, 0.15) is 10.4 Å². The van der Waals surface area contributed by atoms with Crippen LogP contribution in [0.3, 0.4) is 0 Å². The first kappa shape index (κ1) is 14.3. The van der Waals surface area contributed by atoms with Gasteiger partial charge in [0.25, 0.3) is 5.91 Å². The van der Waals surface area contributed by atoms with Crippen molar-refractivity contribution < 1.29 is 13.9 Å². The van der Waals surface area contributed by atoms with Crippen LogP contribution in [0.5, 0.6) is 5.75 Å².